The summed E-state index contributed by atoms with van der Waals surface area (Å²) >= 11 is 1.86. The Hall–Kier alpha value is -0.870. The Morgan fingerprint density at radius 1 is 1.50 bits per heavy atom. The van der Waals surface area contributed by atoms with Crippen molar-refractivity contribution < 1.29 is 9.90 Å². The number of hydrogen-bond donors (Lipinski definition) is 1. The summed E-state index contributed by atoms with van der Waals surface area (Å²) < 4.78 is 0. The van der Waals surface area contributed by atoms with Crippen LogP contribution < -0.4 is 0 Å². The molecular weight excluding hydrogens is 270 g/mol. The number of rotatable bonds is 6. The quantitative estimate of drug-likeness (QED) is 0.864. The highest BCUT2D eigenvalue weighted by Gasteiger charge is 2.45. The van der Waals surface area contributed by atoms with Crippen LogP contribution in [0.3, 0.4) is 0 Å². The molecule has 0 aliphatic carbocycles. The minimum Gasteiger partial charge on any atom is -0.481 e. The van der Waals surface area contributed by atoms with Gasteiger partial charge in [-0.15, -0.1) is 11.3 Å². The molecule has 2 rings (SSSR count). The van der Waals surface area contributed by atoms with E-state index in [1.807, 2.05) is 11.3 Å². The summed E-state index contributed by atoms with van der Waals surface area (Å²) in [4.78, 5) is 16.8. The van der Waals surface area contributed by atoms with Gasteiger partial charge in [0.1, 0.15) is 0 Å². The molecular formula is C16H25NO2S. The van der Waals surface area contributed by atoms with Gasteiger partial charge in [-0.05, 0) is 44.9 Å². The monoisotopic (exact) mass is 295 g/mol. The highest BCUT2D eigenvalue weighted by Crippen LogP contribution is 2.40. The van der Waals surface area contributed by atoms with E-state index in [9.17, 15) is 9.90 Å². The van der Waals surface area contributed by atoms with Gasteiger partial charge in [0.15, 0.2) is 0 Å². The summed E-state index contributed by atoms with van der Waals surface area (Å²) in [6.45, 7) is 8.04. The molecule has 2 unspecified atom stereocenters. The summed E-state index contributed by atoms with van der Waals surface area (Å²) in [5.74, 6) is -0.616. The third kappa shape index (κ3) is 2.91. The lowest BCUT2D eigenvalue weighted by Gasteiger charge is -2.27. The van der Waals surface area contributed by atoms with Crippen LogP contribution in [-0.2, 0) is 11.2 Å². The zero-order chi connectivity index (χ0) is 14.8. The first-order valence-electron chi connectivity index (χ1n) is 7.58. The Labute approximate surface area is 125 Å². The Morgan fingerprint density at radius 3 is 2.80 bits per heavy atom. The van der Waals surface area contributed by atoms with E-state index in [1.54, 1.807) is 0 Å². The SMILES string of the molecule is CCCC1(C(=O)O)CCN(C(C)c2ccc(CC)s2)C1. The summed E-state index contributed by atoms with van der Waals surface area (Å²) in [5, 5.41) is 9.58. The third-order valence-electron chi connectivity index (χ3n) is 4.56. The highest BCUT2D eigenvalue weighted by atomic mass is 32.1. The first-order valence-corrected chi connectivity index (χ1v) is 8.40. The van der Waals surface area contributed by atoms with Gasteiger partial charge in [0.25, 0.3) is 0 Å². The average Bonchev–Trinajstić information content (AvgIpc) is 3.05. The van der Waals surface area contributed by atoms with E-state index in [2.05, 4.69) is 37.8 Å². The highest BCUT2D eigenvalue weighted by molar-refractivity contribution is 7.12. The van der Waals surface area contributed by atoms with E-state index in [0.717, 1.165) is 32.2 Å². The van der Waals surface area contributed by atoms with Crippen molar-refractivity contribution in [2.24, 2.45) is 5.41 Å². The van der Waals surface area contributed by atoms with Crippen LogP contribution in [0.2, 0.25) is 0 Å². The normalized spacial score (nSPS) is 24.9. The number of aryl methyl sites for hydroxylation is 1. The van der Waals surface area contributed by atoms with Crippen molar-refractivity contribution in [3.05, 3.63) is 21.9 Å². The van der Waals surface area contributed by atoms with E-state index in [4.69, 9.17) is 0 Å². The van der Waals surface area contributed by atoms with Gasteiger partial charge < -0.3 is 5.11 Å². The Bertz CT molecular complexity index is 471. The molecule has 0 amide bonds. The lowest BCUT2D eigenvalue weighted by molar-refractivity contribution is -0.148. The summed E-state index contributed by atoms with van der Waals surface area (Å²) in [6, 6.07) is 4.73. The van der Waals surface area contributed by atoms with E-state index in [-0.39, 0.29) is 0 Å². The molecule has 0 saturated carbocycles. The molecule has 1 saturated heterocycles. The third-order valence-corrected chi connectivity index (χ3v) is 5.96. The second-order valence-electron chi connectivity index (χ2n) is 5.89. The number of carboxylic acid groups (broad SMARTS) is 1. The number of nitrogens with zero attached hydrogens (tertiary/aromatic N) is 1. The molecule has 20 heavy (non-hydrogen) atoms. The first kappa shape index (κ1) is 15.5. The molecule has 3 nitrogen and oxygen atoms in total. The lowest BCUT2D eigenvalue weighted by Crippen LogP contribution is -2.35. The van der Waals surface area contributed by atoms with Crippen LogP contribution in [-0.4, -0.2) is 29.1 Å². The molecule has 4 heteroatoms. The van der Waals surface area contributed by atoms with E-state index in [0.29, 0.717) is 12.6 Å². The number of thiophene rings is 1. The maximum absolute atomic E-state index is 11.6. The molecule has 1 aliphatic rings. The van der Waals surface area contributed by atoms with E-state index >= 15 is 0 Å². The Kier molecular flexibility index (Phi) is 4.86. The molecule has 0 spiro atoms. The Morgan fingerprint density at radius 2 is 2.25 bits per heavy atom. The minimum absolute atomic E-state index is 0.332. The van der Waals surface area contributed by atoms with Crippen molar-refractivity contribution >= 4 is 17.3 Å². The van der Waals surface area contributed by atoms with Gasteiger partial charge in [-0.25, -0.2) is 0 Å². The largest absolute Gasteiger partial charge is 0.481 e. The molecule has 1 fully saturated rings. The lowest BCUT2D eigenvalue weighted by atomic mass is 9.83. The summed E-state index contributed by atoms with van der Waals surface area (Å²) in [6.07, 6.45) is 3.59. The molecule has 0 aromatic carbocycles. The number of hydrogen-bond acceptors (Lipinski definition) is 3. The number of aliphatic carboxylic acids is 1. The Balaban J connectivity index is 2.09. The van der Waals surface area contributed by atoms with Gasteiger partial charge in [0.05, 0.1) is 5.41 Å². The number of likely N-dealkylation sites (tertiary alicyclic amines) is 1. The molecule has 112 valence electrons. The van der Waals surface area contributed by atoms with Crippen LogP contribution in [0.1, 0.15) is 55.8 Å². The fraction of sp³-hybridized carbons (Fsp3) is 0.688. The van der Waals surface area contributed by atoms with Crippen molar-refractivity contribution in [2.45, 2.75) is 52.5 Å². The van der Waals surface area contributed by atoms with Gasteiger partial charge in [-0.1, -0.05) is 20.3 Å². The zero-order valence-corrected chi connectivity index (χ0v) is 13.5. The zero-order valence-electron chi connectivity index (χ0n) is 12.7. The van der Waals surface area contributed by atoms with Crippen molar-refractivity contribution in [3.8, 4) is 0 Å². The van der Waals surface area contributed by atoms with Crippen molar-refractivity contribution in [2.75, 3.05) is 13.1 Å². The minimum atomic E-state index is -0.616. The second-order valence-corrected chi connectivity index (χ2v) is 7.09. The topological polar surface area (TPSA) is 40.5 Å². The van der Waals surface area contributed by atoms with Gasteiger partial charge in [-0.2, -0.15) is 0 Å². The van der Waals surface area contributed by atoms with Crippen molar-refractivity contribution in [1.29, 1.82) is 0 Å². The first-order chi connectivity index (χ1) is 9.52. The molecule has 1 aliphatic heterocycles. The average molecular weight is 295 g/mol. The predicted octanol–water partition coefficient (Wildman–Crippen LogP) is 3.95. The molecule has 2 heterocycles. The number of carbonyl (C=O) groups is 1. The fourth-order valence-electron chi connectivity index (χ4n) is 3.19. The van der Waals surface area contributed by atoms with Crippen LogP contribution in [0.25, 0.3) is 0 Å². The van der Waals surface area contributed by atoms with Gasteiger partial charge >= 0.3 is 5.97 Å². The summed E-state index contributed by atoms with van der Waals surface area (Å²) in [7, 11) is 0. The van der Waals surface area contributed by atoms with Crippen LogP contribution in [0.15, 0.2) is 12.1 Å². The second kappa shape index (κ2) is 6.27. The standard InChI is InChI=1S/C16H25NO2S/c1-4-8-16(15(18)19)9-10-17(11-16)12(3)14-7-6-13(5-2)20-14/h6-7,12H,4-5,8-11H2,1-3H3,(H,18,19). The van der Waals surface area contributed by atoms with Crippen molar-refractivity contribution in [1.82, 2.24) is 4.90 Å². The van der Waals surface area contributed by atoms with Gasteiger partial charge in [0.2, 0.25) is 0 Å². The fourth-order valence-corrected chi connectivity index (χ4v) is 4.23. The molecule has 1 N–H and O–H groups in total. The van der Waals surface area contributed by atoms with Crippen LogP contribution >= 0.6 is 11.3 Å². The predicted molar refractivity (Wildman–Crippen MR) is 83.3 cm³/mol. The van der Waals surface area contributed by atoms with Gasteiger partial charge in [0, 0.05) is 22.3 Å². The maximum Gasteiger partial charge on any atom is 0.310 e. The molecule has 2 atom stereocenters. The maximum atomic E-state index is 11.6. The van der Waals surface area contributed by atoms with Crippen LogP contribution in [0, 0.1) is 5.41 Å². The molecule has 0 radical (unpaired) electrons. The van der Waals surface area contributed by atoms with E-state index < -0.39 is 11.4 Å². The molecule has 1 aromatic rings. The molecule has 0 bridgehead atoms. The van der Waals surface area contributed by atoms with Crippen molar-refractivity contribution in [3.63, 3.8) is 0 Å². The van der Waals surface area contributed by atoms with Gasteiger partial charge in [-0.3, -0.25) is 9.69 Å². The smallest absolute Gasteiger partial charge is 0.310 e. The molecule has 1 aromatic heterocycles. The van der Waals surface area contributed by atoms with Crippen LogP contribution in [0.4, 0.5) is 0 Å². The van der Waals surface area contributed by atoms with E-state index in [1.165, 1.54) is 9.75 Å². The summed E-state index contributed by atoms with van der Waals surface area (Å²) in [5.41, 5.74) is -0.520. The number of carboxylic acids is 1. The van der Waals surface area contributed by atoms with Crippen LogP contribution in [0.5, 0.6) is 0 Å².